The molecule has 21 heavy (non-hydrogen) atoms. The van der Waals surface area contributed by atoms with Crippen molar-refractivity contribution in [1.29, 1.82) is 0 Å². The number of pyridine rings is 1. The van der Waals surface area contributed by atoms with Crippen molar-refractivity contribution >= 4 is 34.9 Å². The zero-order valence-corrected chi connectivity index (χ0v) is 11.6. The molecule has 1 aromatic heterocycles. The molecule has 9 heteroatoms. The number of nitro groups is 1. The molecule has 1 aromatic carbocycles. The molecule has 7 nitrogen and oxygen atoms in total. The zero-order chi connectivity index (χ0) is 15.6. The van der Waals surface area contributed by atoms with Crippen molar-refractivity contribution in [1.82, 2.24) is 4.98 Å². The molecular weight excluding hydrogens is 323 g/mol. The Morgan fingerprint density at radius 2 is 2.00 bits per heavy atom. The van der Waals surface area contributed by atoms with Crippen LogP contribution in [0.1, 0.15) is 10.5 Å². The van der Waals surface area contributed by atoms with Crippen LogP contribution in [0.4, 0.5) is 5.69 Å². The second kappa shape index (κ2) is 5.94. The number of halogens is 2. The quantitative estimate of drug-likeness (QED) is 0.676. The highest BCUT2D eigenvalue weighted by atomic mass is 35.5. The molecule has 0 atom stereocenters. The first-order chi connectivity index (χ1) is 9.90. The first-order valence-corrected chi connectivity index (χ1v) is 6.16. The number of hydrogen-bond acceptors (Lipinski definition) is 5. The molecule has 0 aliphatic carbocycles. The second-order valence-corrected chi connectivity index (χ2v) is 4.52. The summed E-state index contributed by atoms with van der Waals surface area (Å²) in [6.07, 6.45) is 0. The van der Waals surface area contributed by atoms with Crippen molar-refractivity contribution < 1.29 is 19.6 Å². The minimum atomic E-state index is -1.34. The van der Waals surface area contributed by atoms with E-state index in [0.717, 1.165) is 12.1 Å². The SMILES string of the molecule is O=C(O)c1ccc([N+](=O)[O-])c(Oc2cccc(Cl)c2Cl)n1. The number of carboxylic acids is 1. The summed E-state index contributed by atoms with van der Waals surface area (Å²) in [5.41, 5.74) is -0.884. The Kier molecular flexibility index (Phi) is 4.25. The maximum absolute atomic E-state index is 10.9. The Morgan fingerprint density at radius 3 is 2.62 bits per heavy atom. The Bertz CT molecular complexity index is 736. The summed E-state index contributed by atoms with van der Waals surface area (Å²) < 4.78 is 5.24. The van der Waals surface area contributed by atoms with Gasteiger partial charge in [-0.3, -0.25) is 10.1 Å². The maximum atomic E-state index is 10.9. The summed E-state index contributed by atoms with van der Waals surface area (Å²) >= 11 is 11.7. The number of hydrogen-bond donors (Lipinski definition) is 1. The summed E-state index contributed by atoms with van der Waals surface area (Å²) in [5.74, 6) is -1.79. The van der Waals surface area contributed by atoms with E-state index in [1.165, 1.54) is 18.2 Å². The van der Waals surface area contributed by atoms with Gasteiger partial charge in [-0.15, -0.1) is 0 Å². The molecule has 0 unspecified atom stereocenters. The van der Waals surface area contributed by atoms with E-state index < -0.39 is 28.2 Å². The minimum absolute atomic E-state index is 0.0299. The van der Waals surface area contributed by atoms with E-state index in [1.54, 1.807) is 0 Å². The fourth-order valence-corrected chi connectivity index (χ4v) is 1.76. The van der Waals surface area contributed by atoms with Crippen LogP contribution in [0.25, 0.3) is 0 Å². The van der Waals surface area contributed by atoms with E-state index in [4.69, 9.17) is 33.0 Å². The number of rotatable bonds is 4. The number of carbonyl (C=O) groups is 1. The number of aromatic nitrogens is 1. The predicted molar refractivity (Wildman–Crippen MR) is 74.4 cm³/mol. The van der Waals surface area contributed by atoms with Crippen LogP contribution in [0.5, 0.6) is 11.6 Å². The van der Waals surface area contributed by atoms with Gasteiger partial charge in [0.2, 0.25) is 0 Å². The highest BCUT2D eigenvalue weighted by Crippen LogP contribution is 2.36. The lowest BCUT2D eigenvalue weighted by molar-refractivity contribution is -0.386. The molecule has 0 amide bonds. The van der Waals surface area contributed by atoms with Crippen molar-refractivity contribution in [2.75, 3.05) is 0 Å². The van der Waals surface area contributed by atoms with Gasteiger partial charge in [0.05, 0.1) is 9.95 Å². The molecule has 0 bridgehead atoms. The number of aromatic carboxylic acids is 1. The van der Waals surface area contributed by atoms with Crippen LogP contribution in [-0.4, -0.2) is 21.0 Å². The lowest BCUT2D eigenvalue weighted by Gasteiger charge is -2.08. The van der Waals surface area contributed by atoms with E-state index in [2.05, 4.69) is 4.98 Å². The van der Waals surface area contributed by atoms with Crippen LogP contribution >= 0.6 is 23.2 Å². The van der Waals surface area contributed by atoms with E-state index in [9.17, 15) is 14.9 Å². The summed E-state index contributed by atoms with van der Waals surface area (Å²) in [7, 11) is 0. The minimum Gasteiger partial charge on any atom is -0.477 e. The Labute approximate surface area is 127 Å². The summed E-state index contributed by atoms with van der Waals surface area (Å²) in [5, 5.41) is 20.0. The predicted octanol–water partition coefficient (Wildman–Crippen LogP) is 3.79. The molecule has 1 N–H and O–H groups in total. The lowest BCUT2D eigenvalue weighted by atomic mass is 10.3. The van der Waals surface area contributed by atoms with Gasteiger partial charge in [0, 0.05) is 6.07 Å². The second-order valence-electron chi connectivity index (χ2n) is 3.74. The average Bonchev–Trinajstić information content (AvgIpc) is 2.43. The van der Waals surface area contributed by atoms with E-state index >= 15 is 0 Å². The number of carboxylic acid groups (broad SMARTS) is 1. The van der Waals surface area contributed by atoms with Crippen molar-refractivity contribution in [3.05, 3.63) is 56.2 Å². The van der Waals surface area contributed by atoms with Gasteiger partial charge >= 0.3 is 17.5 Å². The lowest BCUT2D eigenvalue weighted by Crippen LogP contribution is -2.04. The summed E-state index contributed by atoms with van der Waals surface area (Å²) in [6, 6.07) is 6.45. The van der Waals surface area contributed by atoms with Crippen LogP contribution in [-0.2, 0) is 0 Å². The number of nitrogens with zero attached hydrogens (tertiary/aromatic N) is 2. The largest absolute Gasteiger partial charge is 0.477 e. The molecule has 0 aliphatic rings. The van der Waals surface area contributed by atoms with Gasteiger partial charge in [-0.25, -0.2) is 4.79 Å². The molecule has 2 rings (SSSR count). The Hall–Kier alpha value is -2.38. The van der Waals surface area contributed by atoms with Crippen molar-refractivity contribution in [3.8, 4) is 11.6 Å². The molecule has 0 radical (unpaired) electrons. The maximum Gasteiger partial charge on any atom is 0.354 e. The van der Waals surface area contributed by atoms with Crippen LogP contribution in [0.3, 0.4) is 0 Å². The third-order valence-electron chi connectivity index (χ3n) is 2.38. The summed E-state index contributed by atoms with van der Waals surface area (Å²) in [6.45, 7) is 0. The highest BCUT2D eigenvalue weighted by Gasteiger charge is 2.21. The van der Waals surface area contributed by atoms with Crippen LogP contribution in [0.2, 0.25) is 10.0 Å². The number of benzene rings is 1. The fourth-order valence-electron chi connectivity index (χ4n) is 1.43. The van der Waals surface area contributed by atoms with E-state index in [1.807, 2.05) is 0 Å². The number of ether oxygens (including phenoxy) is 1. The molecule has 2 aromatic rings. The van der Waals surface area contributed by atoms with Crippen molar-refractivity contribution in [3.63, 3.8) is 0 Å². The monoisotopic (exact) mass is 328 g/mol. The van der Waals surface area contributed by atoms with Crippen LogP contribution in [0.15, 0.2) is 30.3 Å². The molecule has 0 saturated heterocycles. The van der Waals surface area contributed by atoms with Gasteiger partial charge in [-0.1, -0.05) is 29.3 Å². The van der Waals surface area contributed by atoms with Gasteiger partial charge in [-0.05, 0) is 18.2 Å². The molecule has 0 saturated carbocycles. The van der Waals surface area contributed by atoms with Crippen LogP contribution < -0.4 is 4.74 Å². The molecule has 108 valence electrons. The molecule has 0 fully saturated rings. The Morgan fingerprint density at radius 1 is 1.29 bits per heavy atom. The van der Waals surface area contributed by atoms with Gasteiger partial charge in [0.1, 0.15) is 10.8 Å². The van der Waals surface area contributed by atoms with Crippen LogP contribution in [0, 0.1) is 10.1 Å². The average molecular weight is 329 g/mol. The molecular formula is C12H6Cl2N2O5. The zero-order valence-electron chi connectivity index (χ0n) is 10.1. The normalized spacial score (nSPS) is 10.2. The van der Waals surface area contributed by atoms with Gasteiger partial charge in [-0.2, -0.15) is 4.98 Å². The molecule has 0 aliphatic heterocycles. The van der Waals surface area contributed by atoms with Crippen molar-refractivity contribution in [2.45, 2.75) is 0 Å². The molecule has 1 heterocycles. The van der Waals surface area contributed by atoms with Gasteiger partial charge in [0.25, 0.3) is 0 Å². The topological polar surface area (TPSA) is 103 Å². The van der Waals surface area contributed by atoms with Crippen molar-refractivity contribution in [2.24, 2.45) is 0 Å². The highest BCUT2D eigenvalue weighted by molar-refractivity contribution is 6.42. The smallest absolute Gasteiger partial charge is 0.354 e. The first-order valence-electron chi connectivity index (χ1n) is 5.40. The van der Waals surface area contributed by atoms with E-state index in [-0.39, 0.29) is 15.8 Å². The first kappa shape index (κ1) is 15.0. The third-order valence-corrected chi connectivity index (χ3v) is 3.18. The summed E-state index contributed by atoms with van der Waals surface area (Å²) in [4.78, 5) is 24.6. The van der Waals surface area contributed by atoms with E-state index in [0.29, 0.717) is 0 Å². The standard InChI is InChI=1S/C12H6Cl2N2O5/c13-6-2-1-3-9(10(6)14)21-11-8(16(19)20)5-4-7(15-11)12(17)18/h1-5H,(H,17,18). The van der Waals surface area contributed by atoms with Gasteiger partial charge in [0.15, 0.2) is 5.69 Å². The molecule has 0 spiro atoms. The Balaban J connectivity index is 2.51. The third kappa shape index (κ3) is 3.21. The fraction of sp³-hybridized carbons (Fsp3) is 0. The van der Waals surface area contributed by atoms with Gasteiger partial charge < -0.3 is 9.84 Å².